The van der Waals surface area contributed by atoms with Crippen LogP contribution in [0.25, 0.3) is 10.6 Å². The van der Waals surface area contributed by atoms with Crippen LogP contribution in [-0.4, -0.2) is 30.1 Å². The fourth-order valence-electron chi connectivity index (χ4n) is 2.44. The molecule has 3 rings (SSSR count). The van der Waals surface area contributed by atoms with Gasteiger partial charge in [0.05, 0.1) is 32.9 Å². The second kappa shape index (κ2) is 8.44. The number of thiazole rings is 1. The maximum absolute atomic E-state index is 12.2. The number of hydrogen-bond donors (Lipinski definition) is 1. The Hall–Kier alpha value is -2.93. The molecule has 0 radical (unpaired) electrons. The predicted molar refractivity (Wildman–Crippen MR) is 100 cm³/mol. The Balaban J connectivity index is 1.57. The molecule has 6 nitrogen and oxygen atoms in total. The van der Waals surface area contributed by atoms with Crippen molar-refractivity contribution < 1.29 is 14.3 Å². The van der Waals surface area contributed by atoms with E-state index in [1.54, 1.807) is 44.0 Å². The molecule has 1 aromatic carbocycles. The summed E-state index contributed by atoms with van der Waals surface area (Å²) in [4.78, 5) is 20.8. The number of carbonyl (C=O) groups is 1. The van der Waals surface area contributed by atoms with Crippen LogP contribution in [0.2, 0.25) is 0 Å². The van der Waals surface area contributed by atoms with E-state index in [4.69, 9.17) is 9.47 Å². The van der Waals surface area contributed by atoms with Crippen molar-refractivity contribution in [2.45, 2.75) is 13.0 Å². The monoisotopic (exact) mass is 369 g/mol. The van der Waals surface area contributed by atoms with Crippen molar-refractivity contribution in [3.8, 4) is 22.1 Å². The highest BCUT2D eigenvalue weighted by Gasteiger charge is 2.10. The number of rotatable bonds is 7. The van der Waals surface area contributed by atoms with Gasteiger partial charge in [-0.3, -0.25) is 9.78 Å². The van der Waals surface area contributed by atoms with Gasteiger partial charge in [-0.05, 0) is 29.8 Å². The number of carbonyl (C=O) groups excluding carboxylic acids is 1. The fourth-order valence-corrected chi connectivity index (χ4v) is 3.27. The standard InChI is InChI=1S/C19H19N3O3S/c1-24-16-4-3-13(9-17(16)25-2)10-18(23)21-11-15-12-26-19(22-15)14-5-7-20-8-6-14/h3-9,12H,10-11H2,1-2H3,(H,21,23). The maximum atomic E-state index is 12.2. The number of nitrogens with one attached hydrogen (secondary N) is 1. The van der Waals surface area contributed by atoms with Gasteiger partial charge in [-0.2, -0.15) is 0 Å². The summed E-state index contributed by atoms with van der Waals surface area (Å²) in [5.74, 6) is 1.18. The molecule has 1 N–H and O–H groups in total. The molecule has 0 spiro atoms. The molecule has 26 heavy (non-hydrogen) atoms. The van der Waals surface area contributed by atoms with Crippen LogP contribution in [0, 0.1) is 0 Å². The molecule has 2 aromatic heterocycles. The lowest BCUT2D eigenvalue weighted by Gasteiger charge is -2.09. The lowest BCUT2D eigenvalue weighted by Crippen LogP contribution is -2.24. The average molecular weight is 369 g/mol. The quantitative estimate of drug-likeness (QED) is 0.693. The minimum absolute atomic E-state index is 0.0734. The van der Waals surface area contributed by atoms with E-state index in [1.807, 2.05) is 29.6 Å². The molecule has 0 unspecified atom stereocenters. The van der Waals surface area contributed by atoms with E-state index >= 15 is 0 Å². The van der Waals surface area contributed by atoms with Crippen molar-refractivity contribution >= 4 is 17.2 Å². The molecule has 2 heterocycles. The first-order valence-corrected chi connectivity index (χ1v) is 8.90. The van der Waals surface area contributed by atoms with Crippen LogP contribution in [0.3, 0.4) is 0 Å². The SMILES string of the molecule is COc1ccc(CC(=O)NCc2csc(-c3ccncc3)n2)cc1OC. The molecule has 0 atom stereocenters. The molecule has 0 aliphatic rings. The van der Waals surface area contributed by atoms with Gasteiger partial charge in [-0.1, -0.05) is 6.07 Å². The van der Waals surface area contributed by atoms with Gasteiger partial charge in [-0.25, -0.2) is 4.98 Å². The van der Waals surface area contributed by atoms with E-state index < -0.39 is 0 Å². The number of benzene rings is 1. The first-order valence-electron chi connectivity index (χ1n) is 8.02. The van der Waals surface area contributed by atoms with Crippen LogP contribution in [0.5, 0.6) is 11.5 Å². The van der Waals surface area contributed by atoms with Crippen molar-refractivity contribution in [2.75, 3.05) is 14.2 Å². The molecule has 0 aliphatic heterocycles. The zero-order valence-corrected chi connectivity index (χ0v) is 15.4. The number of nitrogens with zero attached hydrogens (tertiary/aromatic N) is 2. The third kappa shape index (κ3) is 4.37. The van der Waals surface area contributed by atoms with Gasteiger partial charge >= 0.3 is 0 Å². The minimum Gasteiger partial charge on any atom is -0.493 e. The Morgan fingerprint density at radius 1 is 1.12 bits per heavy atom. The Bertz CT molecular complexity index is 881. The van der Waals surface area contributed by atoms with Crippen LogP contribution in [-0.2, 0) is 17.8 Å². The van der Waals surface area contributed by atoms with E-state index in [1.165, 1.54) is 0 Å². The van der Waals surface area contributed by atoms with Crippen LogP contribution < -0.4 is 14.8 Å². The van der Waals surface area contributed by atoms with Gasteiger partial charge in [0.15, 0.2) is 11.5 Å². The highest BCUT2D eigenvalue weighted by Crippen LogP contribution is 2.27. The second-order valence-electron chi connectivity index (χ2n) is 5.52. The van der Waals surface area contributed by atoms with Gasteiger partial charge in [-0.15, -0.1) is 11.3 Å². The summed E-state index contributed by atoms with van der Waals surface area (Å²) < 4.78 is 10.5. The van der Waals surface area contributed by atoms with E-state index in [9.17, 15) is 4.79 Å². The summed E-state index contributed by atoms with van der Waals surface area (Å²) in [6.07, 6.45) is 3.74. The van der Waals surface area contributed by atoms with Crippen molar-refractivity contribution in [1.29, 1.82) is 0 Å². The molecular weight excluding hydrogens is 350 g/mol. The summed E-state index contributed by atoms with van der Waals surface area (Å²) in [5, 5.41) is 5.76. The lowest BCUT2D eigenvalue weighted by atomic mass is 10.1. The summed E-state index contributed by atoms with van der Waals surface area (Å²) in [7, 11) is 3.16. The zero-order chi connectivity index (χ0) is 18.4. The van der Waals surface area contributed by atoms with Crippen LogP contribution in [0.15, 0.2) is 48.1 Å². The Morgan fingerprint density at radius 3 is 2.62 bits per heavy atom. The molecule has 134 valence electrons. The summed E-state index contributed by atoms with van der Waals surface area (Å²) in [5.41, 5.74) is 2.71. The van der Waals surface area contributed by atoms with Gasteiger partial charge in [0.1, 0.15) is 5.01 Å². The van der Waals surface area contributed by atoms with Crippen LogP contribution in [0.4, 0.5) is 0 Å². The van der Waals surface area contributed by atoms with Crippen molar-refractivity contribution in [3.63, 3.8) is 0 Å². The number of ether oxygens (including phenoxy) is 2. The van der Waals surface area contributed by atoms with Crippen molar-refractivity contribution in [1.82, 2.24) is 15.3 Å². The molecule has 0 fully saturated rings. The largest absolute Gasteiger partial charge is 0.493 e. The first-order chi connectivity index (χ1) is 12.7. The van der Waals surface area contributed by atoms with Crippen molar-refractivity contribution in [2.24, 2.45) is 0 Å². The minimum atomic E-state index is -0.0734. The Kier molecular flexibility index (Phi) is 5.80. The first kappa shape index (κ1) is 17.9. The fraction of sp³-hybridized carbons (Fsp3) is 0.211. The second-order valence-corrected chi connectivity index (χ2v) is 6.38. The third-order valence-corrected chi connectivity index (χ3v) is 4.70. The summed E-state index contributed by atoms with van der Waals surface area (Å²) in [6.45, 7) is 0.397. The molecule has 7 heteroatoms. The van der Waals surface area contributed by atoms with Gasteiger partial charge in [0.2, 0.25) is 5.91 Å². The van der Waals surface area contributed by atoms with Gasteiger partial charge in [0.25, 0.3) is 0 Å². The van der Waals surface area contributed by atoms with Crippen LogP contribution >= 0.6 is 11.3 Å². The number of amides is 1. The summed E-state index contributed by atoms with van der Waals surface area (Å²) in [6, 6.07) is 9.29. The van der Waals surface area contributed by atoms with Gasteiger partial charge < -0.3 is 14.8 Å². The molecule has 3 aromatic rings. The molecule has 0 aliphatic carbocycles. The topological polar surface area (TPSA) is 73.3 Å². The average Bonchev–Trinajstić information content (AvgIpc) is 3.16. The van der Waals surface area contributed by atoms with E-state index in [2.05, 4.69) is 15.3 Å². The highest BCUT2D eigenvalue weighted by atomic mass is 32.1. The van der Waals surface area contributed by atoms with E-state index in [-0.39, 0.29) is 12.3 Å². The molecule has 0 saturated carbocycles. The number of pyridine rings is 1. The lowest BCUT2D eigenvalue weighted by molar-refractivity contribution is -0.120. The normalized spacial score (nSPS) is 10.4. The number of aromatic nitrogens is 2. The van der Waals surface area contributed by atoms with Crippen LogP contribution in [0.1, 0.15) is 11.3 Å². The molecule has 1 amide bonds. The molecule has 0 bridgehead atoms. The smallest absolute Gasteiger partial charge is 0.224 e. The predicted octanol–water partition coefficient (Wildman–Crippen LogP) is 3.08. The van der Waals surface area contributed by atoms with E-state index in [0.29, 0.717) is 18.0 Å². The Labute approximate surface area is 155 Å². The third-order valence-electron chi connectivity index (χ3n) is 3.76. The van der Waals surface area contributed by atoms with E-state index in [0.717, 1.165) is 21.8 Å². The zero-order valence-electron chi connectivity index (χ0n) is 14.6. The van der Waals surface area contributed by atoms with Gasteiger partial charge in [0, 0.05) is 23.3 Å². The molecular formula is C19H19N3O3S. The Morgan fingerprint density at radius 2 is 1.88 bits per heavy atom. The molecule has 0 saturated heterocycles. The van der Waals surface area contributed by atoms with Crippen molar-refractivity contribution in [3.05, 3.63) is 59.4 Å². The maximum Gasteiger partial charge on any atom is 0.224 e. The number of methoxy groups -OCH3 is 2. The highest BCUT2D eigenvalue weighted by molar-refractivity contribution is 7.13. The summed E-state index contributed by atoms with van der Waals surface area (Å²) >= 11 is 1.55. The number of hydrogen-bond acceptors (Lipinski definition) is 6.